The summed E-state index contributed by atoms with van der Waals surface area (Å²) in [5.74, 6) is 2.20. The molecule has 2 aromatic carbocycles. The van der Waals surface area contributed by atoms with Crippen molar-refractivity contribution in [2.45, 2.75) is 26.7 Å². The average Bonchev–Trinajstić information content (AvgIpc) is 3.01. The molecule has 0 saturated carbocycles. The number of hydrogen-bond acceptors (Lipinski definition) is 2. The predicted molar refractivity (Wildman–Crippen MR) is 99.2 cm³/mol. The van der Waals surface area contributed by atoms with Gasteiger partial charge in [0, 0.05) is 10.9 Å². The molecule has 1 aliphatic rings. The molecule has 0 radical (unpaired) electrons. The van der Waals surface area contributed by atoms with Crippen LogP contribution in [0, 0.1) is 6.92 Å². The topological polar surface area (TPSA) is 26.2 Å². The van der Waals surface area contributed by atoms with Gasteiger partial charge in [0.15, 0.2) is 0 Å². The summed E-state index contributed by atoms with van der Waals surface area (Å²) in [7, 11) is 2.06. The zero-order chi connectivity index (χ0) is 17.3. The first-order valence-electron chi connectivity index (χ1n) is 8.70. The molecule has 1 aliphatic heterocycles. The van der Waals surface area contributed by atoms with E-state index in [0.29, 0.717) is 5.92 Å². The third-order valence-electron chi connectivity index (χ3n) is 5.24. The van der Waals surface area contributed by atoms with Crippen LogP contribution >= 0.6 is 0 Å². The Kier molecular flexibility index (Phi) is 2.82. The van der Waals surface area contributed by atoms with Crippen molar-refractivity contribution < 1.29 is 13.7 Å². The van der Waals surface area contributed by atoms with Crippen LogP contribution in [0.4, 0.5) is 0 Å². The van der Waals surface area contributed by atoms with Crippen LogP contribution in [-0.2, 0) is 7.05 Å². The fraction of sp³-hybridized carbons (Fsp3) is 0.227. The minimum absolute atomic E-state index is 0.371. The third kappa shape index (κ3) is 1.84. The molecule has 124 valence electrons. The summed E-state index contributed by atoms with van der Waals surface area (Å²) >= 11 is 0. The molecule has 0 saturated heterocycles. The van der Waals surface area contributed by atoms with Gasteiger partial charge in [-0.25, -0.2) is 0 Å². The Morgan fingerprint density at radius 3 is 2.68 bits per heavy atom. The van der Waals surface area contributed by atoms with E-state index in [2.05, 4.69) is 68.9 Å². The molecule has 0 N–H and O–H groups in total. The summed E-state index contributed by atoms with van der Waals surface area (Å²) in [4.78, 5) is 0. The normalized spacial score (nSPS) is 12.7. The molecule has 5 rings (SSSR count). The van der Waals surface area contributed by atoms with E-state index in [1.165, 1.54) is 27.5 Å². The van der Waals surface area contributed by atoms with E-state index in [4.69, 9.17) is 9.15 Å². The molecule has 0 atom stereocenters. The molecule has 0 bridgehead atoms. The lowest BCUT2D eigenvalue weighted by Crippen LogP contribution is -2.32. The van der Waals surface area contributed by atoms with Gasteiger partial charge in [0.2, 0.25) is 17.5 Å². The van der Waals surface area contributed by atoms with Crippen LogP contribution in [0.15, 0.2) is 47.2 Å². The van der Waals surface area contributed by atoms with Crippen LogP contribution in [0.3, 0.4) is 0 Å². The summed E-state index contributed by atoms with van der Waals surface area (Å²) in [6.07, 6.45) is 3.93. The van der Waals surface area contributed by atoms with E-state index >= 15 is 0 Å². The van der Waals surface area contributed by atoms with Gasteiger partial charge in [-0.15, -0.1) is 0 Å². The van der Waals surface area contributed by atoms with Crippen molar-refractivity contribution in [1.29, 1.82) is 0 Å². The van der Waals surface area contributed by atoms with Gasteiger partial charge in [-0.3, -0.25) is 0 Å². The van der Waals surface area contributed by atoms with Crippen molar-refractivity contribution in [2.75, 3.05) is 0 Å². The zero-order valence-electron chi connectivity index (χ0n) is 14.9. The lowest BCUT2D eigenvalue weighted by atomic mass is 9.92. The van der Waals surface area contributed by atoms with E-state index < -0.39 is 0 Å². The van der Waals surface area contributed by atoms with Gasteiger partial charge in [0.1, 0.15) is 12.8 Å². The number of pyridine rings is 1. The molecule has 0 spiro atoms. The quantitative estimate of drug-likeness (QED) is 0.373. The molecule has 3 nitrogen and oxygen atoms in total. The van der Waals surface area contributed by atoms with Gasteiger partial charge in [-0.1, -0.05) is 38.1 Å². The second kappa shape index (κ2) is 4.85. The molecule has 3 heteroatoms. The molecule has 3 heterocycles. The fourth-order valence-electron chi connectivity index (χ4n) is 4.01. The lowest BCUT2D eigenvalue weighted by molar-refractivity contribution is -0.659. The molecule has 0 unspecified atom stereocenters. The van der Waals surface area contributed by atoms with Crippen molar-refractivity contribution in [1.82, 2.24) is 0 Å². The number of aromatic nitrogens is 1. The number of furan rings is 1. The number of fused-ring (bicyclic) bond motifs is 4. The zero-order valence-corrected chi connectivity index (χ0v) is 14.9. The molecular formula is C22H20NO2+. The minimum atomic E-state index is 0.371. The van der Waals surface area contributed by atoms with Crippen molar-refractivity contribution in [2.24, 2.45) is 7.05 Å². The van der Waals surface area contributed by atoms with Crippen molar-refractivity contribution in [3.8, 4) is 22.8 Å². The largest absolute Gasteiger partial charge is 0.458 e. The molecule has 2 aromatic heterocycles. The van der Waals surface area contributed by atoms with E-state index in [1.807, 2.05) is 6.26 Å². The lowest BCUT2D eigenvalue weighted by Gasteiger charge is -2.21. The monoisotopic (exact) mass is 330 g/mol. The SMILES string of the molecule is Cc1ccc2cccc3c2c1-c1c(c2c(C(C)C)coc2c[n+]1C)O3. The van der Waals surface area contributed by atoms with Crippen LogP contribution in [0.1, 0.15) is 30.9 Å². The Morgan fingerprint density at radius 1 is 1.04 bits per heavy atom. The fourth-order valence-corrected chi connectivity index (χ4v) is 4.01. The van der Waals surface area contributed by atoms with E-state index in [9.17, 15) is 0 Å². The first-order chi connectivity index (χ1) is 12.1. The van der Waals surface area contributed by atoms with Gasteiger partial charge in [0.25, 0.3) is 5.69 Å². The maximum absolute atomic E-state index is 6.47. The molecule has 0 fully saturated rings. The summed E-state index contributed by atoms with van der Waals surface area (Å²) in [5, 5.41) is 3.49. The highest BCUT2D eigenvalue weighted by molar-refractivity contribution is 6.06. The highest BCUT2D eigenvalue weighted by Crippen LogP contribution is 2.50. The first-order valence-corrected chi connectivity index (χ1v) is 8.70. The number of benzene rings is 2. The van der Waals surface area contributed by atoms with E-state index in [1.54, 1.807) is 0 Å². The van der Waals surface area contributed by atoms with Gasteiger partial charge < -0.3 is 9.15 Å². The molecule has 0 aliphatic carbocycles. The molecule has 25 heavy (non-hydrogen) atoms. The van der Waals surface area contributed by atoms with Gasteiger partial charge >= 0.3 is 0 Å². The molecule has 4 aromatic rings. The molecular weight excluding hydrogens is 310 g/mol. The minimum Gasteiger partial charge on any atom is -0.458 e. The first kappa shape index (κ1) is 14.5. The van der Waals surface area contributed by atoms with Gasteiger partial charge in [0.05, 0.1) is 17.2 Å². The number of aryl methyl sites for hydroxylation is 2. The van der Waals surface area contributed by atoms with Crippen LogP contribution < -0.4 is 9.30 Å². The Morgan fingerprint density at radius 2 is 1.88 bits per heavy atom. The Balaban J connectivity index is 2.01. The Bertz CT molecular complexity index is 1170. The van der Waals surface area contributed by atoms with Gasteiger partial charge in [-0.2, -0.15) is 4.57 Å². The van der Waals surface area contributed by atoms with Crippen LogP contribution in [0.5, 0.6) is 11.5 Å². The summed E-state index contributed by atoms with van der Waals surface area (Å²) in [6.45, 7) is 6.54. The van der Waals surface area contributed by atoms with Crippen LogP contribution in [0.25, 0.3) is 33.0 Å². The van der Waals surface area contributed by atoms with Crippen LogP contribution in [-0.4, -0.2) is 0 Å². The Hall–Kier alpha value is -2.81. The maximum atomic E-state index is 6.47. The summed E-state index contributed by atoms with van der Waals surface area (Å²) in [5.41, 5.74) is 5.70. The van der Waals surface area contributed by atoms with Crippen LogP contribution in [0.2, 0.25) is 0 Å². The predicted octanol–water partition coefficient (Wildman–Crippen LogP) is 5.62. The number of ether oxygens (including phenoxy) is 1. The third-order valence-corrected chi connectivity index (χ3v) is 5.24. The van der Waals surface area contributed by atoms with Crippen molar-refractivity contribution >= 4 is 21.7 Å². The highest BCUT2D eigenvalue weighted by Gasteiger charge is 2.33. The summed E-state index contributed by atoms with van der Waals surface area (Å²) < 4.78 is 14.4. The highest BCUT2D eigenvalue weighted by atomic mass is 16.5. The number of hydrogen-bond donors (Lipinski definition) is 0. The second-order valence-electron chi connectivity index (χ2n) is 7.22. The average molecular weight is 330 g/mol. The van der Waals surface area contributed by atoms with E-state index in [-0.39, 0.29) is 0 Å². The van der Waals surface area contributed by atoms with Gasteiger partial charge in [-0.05, 0) is 29.9 Å². The van der Waals surface area contributed by atoms with E-state index in [0.717, 1.165) is 28.2 Å². The number of rotatable bonds is 1. The molecule has 0 amide bonds. The van der Waals surface area contributed by atoms with Crippen molar-refractivity contribution in [3.63, 3.8) is 0 Å². The standard InChI is InChI=1S/C22H20NO2/c1-12(2)15-11-24-17-10-23(4)21-18-13(3)8-9-14-6-5-7-16(19(14)18)25-22(21)20(15)17/h5-12H,1-4H3/q+1. The smallest absolute Gasteiger partial charge is 0.257 e. The number of nitrogens with zero attached hydrogens (tertiary/aromatic N) is 1. The maximum Gasteiger partial charge on any atom is 0.257 e. The van der Waals surface area contributed by atoms with Crippen molar-refractivity contribution in [3.05, 3.63) is 53.9 Å². The Labute approximate surface area is 146 Å². The summed E-state index contributed by atoms with van der Waals surface area (Å²) in [6, 6.07) is 10.6. The second-order valence-corrected chi connectivity index (χ2v) is 7.22.